The molecule has 2 heterocycles. The molecule has 1 saturated heterocycles. The number of fused-ring (bicyclic) bond motifs is 2. The van der Waals surface area contributed by atoms with Crippen LogP contribution in [-0.4, -0.2) is 82.3 Å². The Hall–Kier alpha value is -1.90. The van der Waals surface area contributed by atoms with Gasteiger partial charge in [0.25, 0.3) is 0 Å². The van der Waals surface area contributed by atoms with Crippen molar-refractivity contribution in [1.29, 1.82) is 0 Å². The first-order valence-corrected chi connectivity index (χ1v) is 11.8. The summed E-state index contributed by atoms with van der Waals surface area (Å²) in [6, 6.07) is 15.2. The Labute approximate surface area is 189 Å². The third-order valence-corrected chi connectivity index (χ3v) is 6.76. The van der Waals surface area contributed by atoms with Crippen LogP contribution in [0.25, 0.3) is 0 Å². The smallest absolute Gasteiger partial charge is 0.137 e. The van der Waals surface area contributed by atoms with E-state index >= 15 is 0 Å². The molecule has 7 heteroatoms. The number of rotatable bonds is 8. The largest absolute Gasteiger partial charge is 0.382 e. The molecule has 0 amide bonds. The maximum atomic E-state index is 5.64. The van der Waals surface area contributed by atoms with E-state index < -0.39 is 0 Å². The van der Waals surface area contributed by atoms with E-state index in [-0.39, 0.29) is 0 Å². The van der Waals surface area contributed by atoms with Gasteiger partial charge in [-0.2, -0.15) is 0 Å². The maximum absolute atomic E-state index is 5.64. The van der Waals surface area contributed by atoms with E-state index in [9.17, 15) is 0 Å². The molecule has 0 bridgehead atoms. The van der Waals surface area contributed by atoms with Crippen LogP contribution in [0.2, 0.25) is 0 Å². The number of amidine groups is 1. The van der Waals surface area contributed by atoms with Gasteiger partial charge in [0, 0.05) is 61.7 Å². The van der Waals surface area contributed by atoms with E-state index in [2.05, 4.69) is 57.6 Å². The number of hydrogen-bond acceptors (Lipinski definition) is 7. The van der Waals surface area contributed by atoms with E-state index in [1.165, 1.54) is 20.9 Å². The maximum Gasteiger partial charge on any atom is 0.137 e. The molecule has 0 spiro atoms. The second-order valence-electron chi connectivity index (χ2n) is 7.80. The molecule has 4 rings (SSSR count). The number of piperazine rings is 1. The van der Waals surface area contributed by atoms with Gasteiger partial charge >= 0.3 is 0 Å². The van der Waals surface area contributed by atoms with Gasteiger partial charge in [-0.15, -0.1) is 0 Å². The number of para-hydroxylation sites is 1. The van der Waals surface area contributed by atoms with Crippen molar-refractivity contribution in [3.8, 4) is 0 Å². The van der Waals surface area contributed by atoms with Gasteiger partial charge in [0.15, 0.2) is 0 Å². The van der Waals surface area contributed by atoms with Crippen molar-refractivity contribution in [3.05, 3.63) is 53.6 Å². The normalized spacial score (nSPS) is 16.5. The molecule has 31 heavy (non-hydrogen) atoms. The zero-order valence-corrected chi connectivity index (χ0v) is 19.3. The lowest BCUT2D eigenvalue weighted by Gasteiger charge is -2.36. The molecule has 2 aliphatic heterocycles. The Bertz CT molecular complexity index is 897. The number of aliphatic imine (C=N–C) groups is 1. The SMILES string of the molecule is CNCc1ccc2c(c1)Sc1ccccc1N=C2N1CCN(CCOCCOC)CC1. The molecular formula is C24H32N4O2S. The number of ether oxygens (including phenoxy) is 2. The van der Waals surface area contributed by atoms with E-state index in [1.54, 1.807) is 7.11 Å². The molecule has 0 aromatic heterocycles. The van der Waals surface area contributed by atoms with Crippen LogP contribution < -0.4 is 5.32 Å². The minimum Gasteiger partial charge on any atom is -0.382 e. The minimum atomic E-state index is 0.655. The number of methoxy groups -OCH3 is 1. The Morgan fingerprint density at radius 3 is 2.65 bits per heavy atom. The molecule has 2 aliphatic rings. The van der Waals surface area contributed by atoms with Crippen LogP contribution in [0.1, 0.15) is 11.1 Å². The van der Waals surface area contributed by atoms with Crippen molar-refractivity contribution in [2.45, 2.75) is 16.3 Å². The lowest BCUT2D eigenvalue weighted by Crippen LogP contribution is -2.49. The van der Waals surface area contributed by atoms with Gasteiger partial charge in [-0.1, -0.05) is 30.0 Å². The third-order valence-electron chi connectivity index (χ3n) is 5.63. The first kappa shape index (κ1) is 22.3. The molecule has 6 nitrogen and oxygen atoms in total. The van der Waals surface area contributed by atoms with Gasteiger partial charge in [-0.25, -0.2) is 4.99 Å². The number of hydrogen-bond donors (Lipinski definition) is 1. The van der Waals surface area contributed by atoms with E-state index in [1.807, 2.05) is 18.8 Å². The Kier molecular flexibility index (Phi) is 7.99. The highest BCUT2D eigenvalue weighted by molar-refractivity contribution is 7.99. The average molecular weight is 441 g/mol. The van der Waals surface area contributed by atoms with Crippen molar-refractivity contribution in [3.63, 3.8) is 0 Å². The Morgan fingerprint density at radius 2 is 1.84 bits per heavy atom. The second kappa shape index (κ2) is 11.1. The molecule has 0 atom stereocenters. The lowest BCUT2D eigenvalue weighted by atomic mass is 10.1. The highest BCUT2D eigenvalue weighted by Crippen LogP contribution is 2.41. The summed E-state index contributed by atoms with van der Waals surface area (Å²) in [5.74, 6) is 1.10. The minimum absolute atomic E-state index is 0.655. The highest BCUT2D eigenvalue weighted by atomic mass is 32.2. The van der Waals surface area contributed by atoms with Crippen molar-refractivity contribution in [2.75, 3.05) is 66.7 Å². The van der Waals surface area contributed by atoms with Crippen LogP contribution in [0.15, 0.2) is 57.2 Å². The number of nitrogens with zero attached hydrogens (tertiary/aromatic N) is 3. The summed E-state index contributed by atoms with van der Waals surface area (Å²) in [6.45, 7) is 7.90. The molecule has 0 saturated carbocycles. The fourth-order valence-electron chi connectivity index (χ4n) is 3.94. The van der Waals surface area contributed by atoms with Crippen LogP contribution in [0.5, 0.6) is 0 Å². The molecule has 1 N–H and O–H groups in total. The van der Waals surface area contributed by atoms with Crippen LogP contribution in [0, 0.1) is 0 Å². The molecular weight excluding hydrogens is 408 g/mol. The number of nitrogens with one attached hydrogen (secondary N) is 1. The first-order chi connectivity index (χ1) is 15.3. The van der Waals surface area contributed by atoms with Gasteiger partial charge in [0.05, 0.1) is 25.5 Å². The quantitative estimate of drug-likeness (QED) is 0.636. The van der Waals surface area contributed by atoms with Crippen molar-refractivity contribution in [2.24, 2.45) is 4.99 Å². The predicted octanol–water partition coefficient (Wildman–Crippen LogP) is 3.23. The van der Waals surface area contributed by atoms with Gasteiger partial charge in [-0.3, -0.25) is 4.90 Å². The molecule has 0 radical (unpaired) electrons. The second-order valence-corrected chi connectivity index (χ2v) is 8.88. The summed E-state index contributed by atoms with van der Waals surface area (Å²) in [6.07, 6.45) is 0. The Morgan fingerprint density at radius 1 is 1.00 bits per heavy atom. The van der Waals surface area contributed by atoms with Gasteiger partial charge < -0.3 is 19.7 Å². The average Bonchev–Trinajstić information content (AvgIpc) is 2.96. The van der Waals surface area contributed by atoms with Crippen molar-refractivity contribution >= 4 is 23.3 Å². The summed E-state index contributed by atoms with van der Waals surface area (Å²) < 4.78 is 10.7. The summed E-state index contributed by atoms with van der Waals surface area (Å²) >= 11 is 1.82. The summed E-state index contributed by atoms with van der Waals surface area (Å²) in [4.78, 5) is 12.6. The number of benzene rings is 2. The summed E-state index contributed by atoms with van der Waals surface area (Å²) in [5.41, 5.74) is 3.59. The lowest BCUT2D eigenvalue weighted by molar-refractivity contribution is 0.0513. The topological polar surface area (TPSA) is 49.3 Å². The van der Waals surface area contributed by atoms with Crippen LogP contribution in [-0.2, 0) is 16.0 Å². The van der Waals surface area contributed by atoms with Crippen LogP contribution in [0.3, 0.4) is 0 Å². The molecule has 0 unspecified atom stereocenters. The van der Waals surface area contributed by atoms with E-state index in [0.29, 0.717) is 13.2 Å². The zero-order valence-electron chi connectivity index (χ0n) is 18.5. The van der Waals surface area contributed by atoms with Gasteiger partial charge in [0.2, 0.25) is 0 Å². The summed E-state index contributed by atoms with van der Waals surface area (Å²) in [5, 5.41) is 3.26. The molecule has 2 aromatic rings. The zero-order chi connectivity index (χ0) is 21.5. The molecule has 2 aromatic carbocycles. The van der Waals surface area contributed by atoms with Gasteiger partial charge in [-0.05, 0) is 36.9 Å². The van der Waals surface area contributed by atoms with E-state index in [0.717, 1.165) is 57.4 Å². The van der Waals surface area contributed by atoms with Crippen molar-refractivity contribution in [1.82, 2.24) is 15.1 Å². The van der Waals surface area contributed by atoms with Gasteiger partial charge in [0.1, 0.15) is 5.84 Å². The van der Waals surface area contributed by atoms with E-state index in [4.69, 9.17) is 14.5 Å². The predicted molar refractivity (Wildman–Crippen MR) is 127 cm³/mol. The van der Waals surface area contributed by atoms with Crippen LogP contribution in [0.4, 0.5) is 5.69 Å². The molecule has 166 valence electrons. The third kappa shape index (κ3) is 5.67. The highest BCUT2D eigenvalue weighted by Gasteiger charge is 2.25. The van der Waals surface area contributed by atoms with Crippen molar-refractivity contribution < 1.29 is 9.47 Å². The molecule has 0 aliphatic carbocycles. The fraction of sp³-hybridized carbons (Fsp3) is 0.458. The summed E-state index contributed by atoms with van der Waals surface area (Å²) in [7, 11) is 3.69. The first-order valence-electron chi connectivity index (χ1n) is 11.0. The Balaban J connectivity index is 1.49. The monoisotopic (exact) mass is 440 g/mol. The fourth-order valence-corrected chi connectivity index (χ4v) is 5.02. The van der Waals surface area contributed by atoms with Crippen LogP contribution >= 0.6 is 11.8 Å². The standard InChI is InChI=1S/C24H32N4O2S/c1-25-18-19-7-8-20-23(17-19)31-22-6-4-3-5-21(22)26-24(20)28-11-9-27(10-12-28)13-14-30-16-15-29-2/h3-8,17,25H,9-16,18H2,1-2H3. The molecule has 1 fully saturated rings.